The fraction of sp³-hybridized carbons (Fsp3) is 0.769. The number of aliphatic hydroxyl groups is 1. The molecule has 3 nitrogen and oxygen atoms in total. The Balaban J connectivity index is 2.11. The first-order chi connectivity index (χ1) is 11.0. The molecule has 1 unspecified atom stereocenters. The van der Waals surface area contributed by atoms with Crippen molar-refractivity contribution in [1.29, 1.82) is 0 Å². The van der Waals surface area contributed by atoms with Gasteiger partial charge in [0.25, 0.3) is 0 Å². The Hall–Kier alpha value is -1.39. The van der Waals surface area contributed by atoms with Gasteiger partial charge < -0.3 is 5.11 Å². The van der Waals surface area contributed by atoms with Gasteiger partial charge in [0, 0.05) is 12.0 Å². The molecule has 0 saturated heterocycles. The highest BCUT2D eigenvalue weighted by atomic mass is 19.4. The van der Waals surface area contributed by atoms with E-state index in [0.29, 0.717) is 4.68 Å². The number of hydrogen-bond donors (Lipinski definition) is 1. The molecule has 0 spiro atoms. The molecule has 0 amide bonds. The molecule has 1 aromatic heterocycles. The standard InChI is InChI=1S/C13H12F8N2O/c14-5-2-1-4(3-6(5)15)23-8-7(10(22-23)13(19,20)21)11(24)12(17,18)9(8)16/h4-6,9,11,24H,1-3H2/t4?,5-,6+,9+,11+/m1/s1. The van der Waals surface area contributed by atoms with Crippen LogP contribution < -0.4 is 0 Å². The lowest BCUT2D eigenvalue weighted by atomic mass is 9.92. The maximum atomic E-state index is 14.0. The lowest BCUT2D eigenvalue weighted by molar-refractivity contribution is -0.157. The first-order valence-corrected chi connectivity index (χ1v) is 7.13. The summed E-state index contributed by atoms with van der Waals surface area (Å²) in [7, 11) is 0. The van der Waals surface area contributed by atoms with Crippen LogP contribution in [0.1, 0.15) is 54.5 Å². The summed E-state index contributed by atoms with van der Waals surface area (Å²) in [6.45, 7) is 0. The van der Waals surface area contributed by atoms with Crippen molar-refractivity contribution < 1.29 is 40.2 Å². The van der Waals surface area contributed by atoms with Crippen molar-refractivity contribution in [3.8, 4) is 0 Å². The van der Waals surface area contributed by atoms with Gasteiger partial charge in [0.2, 0.25) is 6.17 Å². The maximum absolute atomic E-state index is 14.0. The Morgan fingerprint density at radius 3 is 2.25 bits per heavy atom. The number of nitrogens with zero attached hydrogens (tertiary/aromatic N) is 2. The third kappa shape index (κ3) is 2.39. The molecular weight excluding hydrogens is 352 g/mol. The molecule has 24 heavy (non-hydrogen) atoms. The van der Waals surface area contributed by atoms with Gasteiger partial charge in [-0.25, -0.2) is 13.2 Å². The number of alkyl halides is 8. The highest BCUT2D eigenvalue weighted by molar-refractivity contribution is 5.40. The smallest absolute Gasteiger partial charge is 0.382 e. The highest BCUT2D eigenvalue weighted by Gasteiger charge is 2.62. The largest absolute Gasteiger partial charge is 0.435 e. The summed E-state index contributed by atoms with van der Waals surface area (Å²) in [5, 5.41) is 12.6. The van der Waals surface area contributed by atoms with E-state index in [1.165, 1.54) is 0 Å². The van der Waals surface area contributed by atoms with Crippen LogP contribution in [0.15, 0.2) is 0 Å². The van der Waals surface area contributed by atoms with Crippen LogP contribution in [0.4, 0.5) is 35.1 Å². The van der Waals surface area contributed by atoms with E-state index in [1.807, 2.05) is 0 Å². The molecule has 0 aromatic carbocycles. The number of hydrogen-bond acceptors (Lipinski definition) is 2. The molecule has 1 heterocycles. The van der Waals surface area contributed by atoms with Gasteiger partial charge in [-0.1, -0.05) is 0 Å². The summed E-state index contributed by atoms with van der Waals surface area (Å²) >= 11 is 0. The van der Waals surface area contributed by atoms with E-state index >= 15 is 0 Å². The molecule has 3 rings (SSSR count). The molecule has 1 N–H and O–H groups in total. The summed E-state index contributed by atoms with van der Waals surface area (Å²) in [5.74, 6) is -4.46. The third-order valence-electron chi connectivity index (χ3n) is 4.48. The van der Waals surface area contributed by atoms with Gasteiger partial charge in [-0.2, -0.15) is 27.1 Å². The first kappa shape index (κ1) is 17.4. The molecule has 5 atom stereocenters. The number of rotatable bonds is 1. The zero-order chi connectivity index (χ0) is 18.0. The van der Waals surface area contributed by atoms with Crippen molar-refractivity contribution in [3.63, 3.8) is 0 Å². The SMILES string of the molecule is O[C@H]1c2c(C(F)(F)F)nn(C3CC[C@@H](F)[C@@H](F)C3)c2[C@H](F)C1(F)F. The second-order valence-electron chi connectivity index (χ2n) is 6.03. The number of halogens is 8. The maximum Gasteiger partial charge on any atom is 0.435 e. The van der Waals surface area contributed by atoms with Crippen molar-refractivity contribution >= 4 is 0 Å². The van der Waals surface area contributed by atoms with Gasteiger partial charge in [-0.3, -0.25) is 4.68 Å². The van der Waals surface area contributed by atoms with Crippen molar-refractivity contribution in [1.82, 2.24) is 9.78 Å². The molecule has 11 heteroatoms. The van der Waals surface area contributed by atoms with E-state index in [4.69, 9.17) is 0 Å². The molecule has 2 aliphatic rings. The predicted octanol–water partition coefficient (Wildman–Crippen LogP) is 4.00. The molecule has 1 fully saturated rings. The van der Waals surface area contributed by atoms with Crippen LogP contribution in [0.25, 0.3) is 0 Å². The quantitative estimate of drug-likeness (QED) is 0.765. The lowest BCUT2D eigenvalue weighted by Crippen LogP contribution is -2.32. The van der Waals surface area contributed by atoms with Crippen LogP contribution in [-0.4, -0.2) is 33.2 Å². The van der Waals surface area contributed by atoms with Gasteiger partial charge in [0.05, 0.1) is 11.7 Å². The zero-order valence-electron chi connectivity index (χ0n) is 11.9. The highest BCUT2D eigenvalue weighted by Crippen LogP contribution is 2.56. The number of aromatic nitrogens is 2. The Morgan fingerprint density at radius 2 is 1.71 bits per heavy atom. The lowest BCUT2D eigenvalue weighted by Gasteiger charge is -2.29. The van der Waals surface area contributed by atoms with Crippen LogP contribution in [0.2, 0.25) is 0 Å². The fourth-order valence-electron chi connectivity index (χ4n) is 3.26. The minimum atomic E-state index is -5.21. The van der Waals surface area contributed by atoms with Crippen LogP contribution in [0.5, 0.6) is 0 Å². The van der Waals surface area contributed by atoms with Crippen molar-refractivity contribution in [3.05, 3.63) is 17.0 Å². The average molecular weight is 364 g/mol. The van der Waals surface area contributed by atoms with E-state index in [0.717, 1.165) is 0 Å². The predicted molar refractivity (Wildman–Crippen MR) is 63.7 cm³/mol. The molecule has 1 aromatic rings. The van der Waals surface area contributed by atoms with E-state index in [-0.39, 0.29) is 12.8 Å². The molecule has 1 saturated carbocycles. The van der Waals surface area contributed by atoms with E-state index in [2.05, 4.69) is 5.10 Å². The van der Waals surface area contributed by atoms with Gasteiger partial charge >= 0.3 is 12.1 Å². The summed E-state index contributed by atoms with van der Waals surface area (Å²) in [5.41, 5.74) is -4.28. The van der Waals surface area contributed by atoms with Crippen molar-refractivity contribution in [2.45, 2.75) is 62.0 Å². The molecule has 0 bridgehead atoms. The monoisotopic (exact) mass is 364 g/mol. The van der Waals surface area contributed by atoms with Gasteiger partial charge in [0.1, 0.15) is 18.4 Å². The van der Waals surface area contributed by atoms with Gasteiger partial charge in [-0.05, 0) is 12.8 Å². The molecular formula is C13H12F8N2O. The Bertz CT molecular complexity index is 643. The van der Waals surface area contributed by atoms with Gasteiger partial charge in [-0.15, -0.1) is 0 Å². The van der Waals surface area contributed by atoms with Crippen LogP contribution in [-0.2, 0) is 6.18 Å². The first-order valence-electron chi connectivity index (χ1n) is 7.13. The fourth-order valence-corrected chi connectivity index (χ4v) is 3.26. The molecule has 136 valence electrons. The minimum absolute atomic E-state index is 0.179. The number of aliphatic hydroxyl groups excluding tert-OH is 1. The summed E-state index contributed by atoms with van der Waals surface area (Å²) in [4.78, 5) is 0. The second kappa shape index (κ2) is 5.30. The summed E-state index contributed by atoms with van der Waals surface area (Å²) < 4.78 is 107. The van der Waals surface area contributed by atoms with Crippen molar-refractivity contribution in [2.75, 3.05) is 0 Å². The van der Waals surface area contributed by atoms with Crippen LogP contribution >= 0.6 is 0 Å². The van der Waals surface area contributed by atoms with Gasteiger partial charge in [0.15, 0.2) is 5.69 Å². The average Bonchev–Trinajstić information content (AvgIpc) is 2.94. The Kier molecular flexibility index (Phi) is 3.85. The summed E-state index contributed by atoms with van der Waals surface area (Å²) in [6.07, 6.45) is -16.4. The van der Waals surface area contributed by atoms with Crippen LogP contribution in [0.3, 0.4) is 0 Å². The van der Waals surface area contributed by atoms with E-state index < -0.39 is 66.1 Å². The number of fused-ring (bicyclic) bond motifs is 1. The van der Waals surface area contributed by atoms with Crippen LogP contribution in [0, 0.1) is 0 Å². The normalized spacial score (nSPS) is 36.0. The minimum Gasteiger partial charge on any atom is -0.382 e. The molecule has 0 aliphatic heterocycles. The molecule has 2 aliphatic carbocycles. The Morgan fingerprint density at radius 1 is 1.08 bits per heavy atom. The van der Waals surface area contributed by atoms with E-state index in [9.17, 15) is 40.2 Å². The summed E-state index contributed by atoms with van der Waals surface area (Å²) in [6, 6.07) is -1.20. The van der Waals surface area contributed by atoms with E-state index in [1.54, 1.807) is 0 Å². The molecule has 0 radical (unpaired) electrons. The van der Waals surface area contributed by atoms with Crippen molar-refractivity contribution in [2.24, 2.45) is 0 Å². The third-order valence-corrected chi connectivity index (χ3v) is 4.48. The Labute approximate surface area is 130 Å². The second-order valence-corrected chi connectivity index (χ2v) is 6.03. The zero-order valence-corrected chi connectivity index (χ0v) is 11.9. The topological polar surface area (TPSA) is 38.1 Å².